The van der Waals surface area contributed by atoms with E-state index in [0.717, 1.165) is 44.6 Å². The van der Waals surface area contributed by atoms with E-state index < -0.39 is 12.1 Å². The Hall–Kier alpha value is -2.17. The number of hydrogen-bond acceptors (Lipinski definition) is 3. The summed E-state index contributed by atoms with van der Waals surface area (Å²) in [5.41, 5.74) is 0. The third-order valence-corrected chi connectivity index (χ3v) is 3.44. The zero-order chi connectivity index (χ0) is 19.5. The lowest BCUT2D eigenvalue weighted by atomic mass is 10.1. The number of aliphatic hydroxyl groups excluding tert-OH is 2. The fourth-order valence-electron chi connectivity index (χ4n) is 2.09. The molecule has 1 unspecified atom stereocenters. The molecule has 0 aliphatic rings. The number of aliphatic carboxylic acids is 1. The average Bonchev–Trinajstić information content (AvgIpc) is 2.58. The van der Waals surface area contributed by atoms with Crippen molar-refractivity contribution in [3.8, 4) is 0 Å². The maximum absolute atomic E-state index is 10.2. The second kappa shape index (κ2) is 17.6. The molecule has 26 heavy (non-hydrogen) atoms. The average molecular weight is 360 g/mol. The van der Waals surface area contributed by atoms with Crippen molar-refractivity contribution >= 4 is 5.97 Å². The molecule has 0 aromatic heterocycles. The molecule has 0 spiro atoms. The van der Waals surface area contributed by atoms with E-state index in [0.29, 0.717) is 0 Å². The van der Waals surface area contributed by atoms with Crippen molar-refractivity contribution in [2.45, 2.75) is 57.7 Å². The van der Waals surface area contributed by atoms with Gasteiger partial charge in [0, 0.05) is 6.08 Å². The van der Waals surface area contributed by atoms with E-state index >= 15 is 0 Å². The lowest BCUT2D eigenvalue weighted by Gasteiger charge is -2.06. The van der Waals surface area contributed by atoms with Crippen molar-refractivity contribution in [1.82, 2.24) is 0 Å². The molecule has 0 bridgehead atoms. The Morgan fingerprint density at radius 2 is 1.19 bits per heavy atom. The minimum absolute atomic E-state index is 0.211. The first-order chi connectivity index (χ1) is 12.5. The molecule has 4 nitrogen and oxygen atoms in total. The topological polar surface area (TPSA) is 77.8 Å². The van der Waals surface area contributed by atoms with Crippen LogP contribution in [0.25, 0.3) is 0 Å². The van der Waals surface area contributed by atoms with E-state index in [1.54, 1.807) is 24.3 Å². The van der Waals surface area contributed by atoms with Crippen LogP contribution in [0.1, 0.15) is 45.4 Å². The number of carboxylic acid groups (broad SMARTS) is 1. The molecule has 0 amide bonds. The molecular formula is C22H32O4. The number of carboxylic acids is 1. The third kappa shape index (κ3) is 19.9. The molecule has 0 radical (unpaired) electrons. The molecule has 0 saturated carbocycles. The van der Waals surface area contributed by atoms with Crippen LogP contribution in [0.2, 0.25) is 0 Å². The van der Waals surface area contributed by atoms with Crippen molar-refractivity contribution < 1.29 is 20.1 Å². The van der Waals surface area contributed by atoms with Gasteiger partial charge in [-0.2, -0.15) is 0 Å². The van der Waals surface area contributed by atoms with Gasteiger partial charge >= 0.3 is 5.97 Å². The van der Waals surface area contributed by atoms with Crippen LogP contribution < -0.4 is 0 Å². The van der Waals surface area contributed by atoms with E-state index in [4.69, 9.17) is 10.2 Å². The van der Waals surface area contributed by atoms with Gasteiger partial charge in [0.25, 0.3) is 0 Å². The van der Waals surface area contributed by atoms with Crippen LogP contribution in [-0.4, -0.2) is 33.5 Å². The quantitative estimate of drug-likeness (QED) is 0.242. The Labute approximate surface area is 157 Å². The first kappa shape index (κ1) is 23.8. The number of allylic oxidation sites excluding steroid dienone is 10. The fourth-order valence-corrected chi connectivity index (χ4v) is 2.09. The normalized spacial score (nSPS) is 15.5. The number of hydrogen-bond donors (Lipinski definition) is 3. The summed E-state index contributed by atoms with van der Waals surface area (Å²) in [6, 6.07) is 0. The molecule has 0 aliphatic heterocycles. The van der Waals surface area contributed by atoms with Crippen LogP contribution in [0.5, 0.6) is 0 Å². The van der Waals surface area contributed by atoms with Crippen LogP contribution in [-0.2, 0) is 4.79 Å². The Balaban J connectivity index is 3.77. The zero-order valence-corrected chi connectivity index (χ0v) is 15.6. The van der Waals surface area contributed by atoms with E-state index in [2.05, 4.69) is 0 Å². The van der Waals surface area contributed by atoms with Crippen molar-refractivity contribution in [2.24, 2.45) is 0 Å². The first-order valence-electron chi connectivity index (χ1n) is 9.13. The van der Waals surface area contributed by atoms with Crippen molar-refractivity contribution in [3.63, 3.8) is 0 Å². The standard InChI is InChI=1S/C22H32O4/c1-20(23)16-12-10-11-14-18-21(24)17-13-8-6-4-2-3-5-7-9-15-19-22(25)26/h2-9,13,15,17,19-21,23-24H,10-12,14,16,18H2,1H3,(H,25,26)/t20?,21-/m1/s1. The van der Waals surface area contributed by atoms with Crippen LogP contribution >= 0.6 is 0 Å². The fraction of sp³-hybridized carbons (Fsp3) is 0.409. The lowest BCUT2D eigenvalue weighted by Crippen LogP contribution is -2.01. The van der Waals surface area contributed by atoms with Crippen molar-refractivity contribution in [3.05, 3.63) is 72.9 Å². The molecule has 0 heterocycles. The Kier molecular flexibility index (Phi) is 16.2. The molecule has 0 aromatic rings. The summed E-state index contributed by atoms with van der Waals surface area (Å²) in [6.45, 7) is 1.81. The number of carbonyl (C=O) groups is 1. The molecule has 2 atom stereocenters. The first-order valence-corrected chi connectivity index (χ1v) is 9.13. The molecule has 144 valence electrons. The number of unbranched alkanes of at least 4 members (excludes halogenated alkanes) is 3. The maximum atomic E-state index is 10.2. The molecular weight excluding hydrogens is 328 g/mol. The summed E-state index contributed by atoms with van der Waals surface area (Å²) in [5, 5.41) is 27.4. The lowest BCUT2D eigenvalue weighted by molar-refractivity contribution is -0.131. The molecule has 4 heteroatoms. The Morgan fingerprint density at radius 1 is 0.731 bits per heavy atom. The highest BCUT2D eigenvalue weighted by molar-refractivity contribution is 5.80. The summed E-state index contributed by atoms with van der Waals surface area (Å²) < 4.78 is 0. The number of rotatable bonds is 14. The Bertz CT molecular complexity index is 522. The van der Waals surface area contributed by atoms with E-state index in [1.807, 2.05) is 43.4 Å². The highest BCUT2D eigenvalue weighted by atomic mass is 16.4. The maximum Gasteiger partial charge on any atom is 0.328 e. The molecule has 0 aliphatic carbocycles. The summed E-state index contributed by atoms with van der Waals surface area (Å²) in [7, 11) is 0. The highest BCUT2D eigenvalue weighted by Crippen LogP contribution is 2.09. The van der Waals surface area contributed by atoms with Gasteiger partial charge in [0.2, 0.25) is 0 Å². The zero-order valence-electron chi connectivity index (χ0n) is 15.6. The van der Waals surface area contributed by atoms with Gasteiger partial charge in [0.05, 0.1) is 12.2 Å². The van der Waals surface area contributed by atoms with Gasteiger partial charge < -0.3 is 15.3 Å². The minimum atomic E-state index is -0.963. The van der Waals surface area contributed by atoms with Crippen LogP contribution in [0.4, 0.5) is 0 Å². The third-order valence-electron chi connectivity index (χ3n) is 3.44. The van der Waals surface area contributed by atoms with Gasteiger partial charge in [0.1, 0.15) is 0 Å². The van der Waals surface area contributed by atoms with E-state index in [-0.39, 0.29) is 6.10 Å². The minimum Gasteiger partial charge on any atom is -0.478 e. The van der Waals surface area contributed by atoms with Crippen LogP contribution in [0.3, 0.4) is 0 Å². The van der Waals surface area contributed by atoms with E-state index in [1.165, 1.54) is 6.08 Å². The summed E-state index contributed by atoms with van der Waals surface area (Å²) in [6.07, 6.45) is 25.9. The van der Waals surface area contributed by atoms with Crippen LogP contribution in [0, 0.1) is 0 Å². The predicted molar refractivity (Wildman–Crippen MR) is 108 cm³/mol. The summed E-state index contributed by atoms with van der Waals surface area (Å²) in [5.74, 6) is -0.963. The molecule has 0 rings (SSSR count). The van der Waals surface area contributed by atoms with Crippen LogP contribution in [0.15, 0.2) is 72.9 Å². The predicted octanol–water partition coefficient (Wildman–Crippen LogP) is 4.49. The number of aliphatic hydroxyl groups is 2. The van der Waals surface area contributed by atoms with Gasteiger partial charge in [0.15, 0.2) is 0 Å². The smallest absolute Gasteiger partial charge is 0.328 e. The largest absolute Gasteiger partial charge is 0.478 e. The van der Waals surface area contributed by atoms with E-state index in [9.17, 15) is 9.90 Å². The van der Waals surface area contributed by atoms with Gasteiger partial charge in [-0.15, -0.1) is 0 Å². The molecule has 3 N–H and O–H groups in total. The highest BCUT2D eigenvalue weighted by Gasteiger charge is 1.99. The SMILES string of the molecule is CC(O)CCCCCC[C@H](O)C=CC=CC=CC=CC=CC=CC(=O)O. The molecule has 0 saturated heterocycles. The summed E-state index contributed by atoms with van der Waals surface area (Å²) >= 11 is 0. The van der Waals surface area contributed by atoms with Gasteiger partial charge in [-0.05, 0) is 19.8 Å². The van der Waals surface area contributed by atoms with Crippen molar-refractivity contribution in [2.75, 3.05) is 0 Å². The second-order valence-electron chi connectivity index (χ2n) is 6.03. The summed E-state index contributed by atoms with van der Waals surface area (Å²) in [4.78, 5) is 10.2. The second-order valence-corrected chi connectivity index (χ2v) is 6.03. The van der Waals surface area contributed by atoms with Gasteiger partial charge in [-0.3, -0.25) is 0 Å². The molecule has 0 fully saturated rings. The monoisotopic (exact) mass is 360 g/mol. The van der Waals surface area contributed by atoms with Gasteiger partial charge in [-0.1, -0.05) is 92.5 Å². The van der Waals surface area contributed by atoms with Gasteiger partial charge in [-0.25, -0.2) is 4.79 Å². The molecule has 0 aromatic carbocycles. The Morgan fingerprint density at radius 3 is 1.69 bits per heavy atom. The van der Waals surface area contributed by atoms with Crippen molar-refractivity contribution in [1.29, 1.82) is 0 Å².